The SMILES string of the molecule is CCNC(CO)COc1ccc2c(c1)CCCC2. The Bertz CT molecular complexity index is 379. The fourth-order valence-corrected chi connectivity index (χ4v) is 2.46. The van der Waals surface area contributed by atoms with Crippen LogP contribution < -0.4 is 10.1 Å². The van der Waals surface area contributed by atoms with Gasteiger partial charge in [0.05, 0.1) is 12.6 Å². The van der Waals surface area contributed by atoms with Crippen LogP contribution in [0.5, 0.6) is 5.75 Å². The summed E-state index contributed by atoms with van der Waals surface area (Å²) in [5.41, 5.74) is 2.90. The highest BCUT2D eigenvalue weighted by Gasteiger charge is 2.11. The Morgan fingerprint density at radius 3 is 2.78 bits per heavy atom. The third-order valence-electron chi connectivity index (χ3n) is 3.48. The second-order valence-electron chi connectivity index (χ2n) is 4.89. The van der Waals surface area contributed by atoms with Gasteiger partial charge in [-0.05, 0) is 55.5 Å². The molecule has 0 aromatic heterocycles. The largest absolute Gasteiger partial charge is 0.492 e. The van der Waals surface area contributed by atoms with Gasteiger partial charge in [-0.25, -0.2) is 0 Å². The number of nitrogens with one attached hydrogen (secondary N) is 1. The summed E-state index contributed by atoms with van der Waals surface area (Å²) in [5.74, 6) is 0.923. The lowest BCUT2D eigenvalue weighted by Gasteiger charge is -2.19. The minimum atomic E-state index is 0.0195. The van der Waals surface area contributed by atoms with E-state index in [1.807, 2.05) is 13.0 Å². The topological polar surface area (TPSA) is 41.5 Å². The zero-order chi connectivity index (χ0) is 12.8. The van der Waals surface area contributed by atoms with Gasteiger partial charge in [-0.15, -0.1) is 0 Å². The van der Waals surface area contributed by atoms with E-state index >= 15 is 0 Å². The summed E-state index contributed by atoms with van der Waals surface area (Å²) in [6.45, 7) is 3.50. The summed E-state index contributed by atoms with van der Waals surface area (Å²) in [6, 6.07) is 6.41. The lowest BCUT2D eigenvalue weighted by molar-refractivity contribution is 0.184. The van der Waals surface area contributed by atoms with Gasteiger partial charge in [-0.1, -0.05) is 13.0 Å². The summed E-state index contributed by atoms with van der Waals surface area (Å²) in [7, 11) is 0. The minimum Gasteiger partial charge on any atom is -0.492 e. The Morgan fingerprint density at radius 1 is 1.28 bits per heavy atom. The van der Waals surface area contributed by atoms with Crippen LogP contribution in [0.15, 0.2) is 18.2 Å². The van der Waals surface area contributed by atoms with Crippen molar-refractivity contribution in [1.29, 1.82) is 0 Å². The van der Waals surface area contributed by atoms with E-state index in [0.29, 0.717) is 6.61 Å². The van der Waals surface area contributed by atoms with Crippen LogP contribution in [0.25, 0.3) is 0 Å². The predicted octanol–water partition coefficient (Wildman–Crippen LogP) is 1.91. The zero-order valence-corrected chi connectivity index (χ0v) is 11.1. The Kier molecular flexibility index (Phi) is 5.02. The Balaban J connectivity index is 1.93. The van der Waals surface area contributed by atoms with E-state index < -0.39 is 0 Å². The third-order valence-corrected chi connectivity index (χ3v) is 3.48. The van der Waals surface area contributed by atoms with Crippen LogP contribution >= 0.6 is 0 Å². The van der Waals surface area contributed by atoms with E-state index in [0.717, 1.165) is 12.3 Å². The molecular weight excluding hydrogens is 226 g/mol. The molecule has 3 heteroatoms. The molecule has 1 unspecified atom stereocenters. The fourth-order valence-electron chi connectivity index (χ4n) is 2.46. The molecule has 0 amide bonds. The summed E-state index contributed by atoms with van der Waals surface area (Å²) < 4.78 is 5.76. The third kappa shape index (κ3) is 3.47. The first kappa shape index (κ1) is 13.4. The fraction of sp³-hybridized carbons (Fsp3) is 0.600. The summed E-state index contributed by atoms with van der Waals surface area (Å²) >= 11 is 0. The first-order chi connectivity index (χ1) is 8.83. The smallest absolute Gasteiger partial charge is 0.119 e. The molecule has 2 N–H and O–H groups in total. The standard InChI is InChI=1S/C15H23NO2/c1-2-16-14(10-17)11-18-15-8-7-12-5-3-4-6-13(12)9-15/h7-9,14,16-17H,2-6,10-11H2,1H3. The van der Waals surface area contributed by atoms with Crippen molar-refractivity contribution in [2.75, 3.05) is 19.8 Å². The molecule has 1 aliphatic carbocycles. The molecule has 2 rings (SSSR count). The summed E-state index contributed by atoms with van der Waals surface area (Å²) in [6.07, 6.45) is 4.96. The number of hydrogen-bond acceptors (Lipinski definition) is 3. The van der Waals surface area contributed by atoms with Crippen molar-refractivity contribution >= 4 is 0 Å². The van der Waals surface area contributed by atoms with Gasteiger partial charge in [0.25, 0.3) is 0 Å². The Labute approximate surface area is 109 Å². The van der Waals surface area contributed by atoms with E-state index in [2.05, 4.69) is 17.4 Å². The number of hydrogen-bond donors (Lipinski definition) is 2. The molecule has 0 aliphatic heterocycles. The molecule has 1 atom stereocenters. The number of likely N-dealkylation sites (N-methyl/N-ethyl adjacent to an activating group) is 1. The Morgan fingerprint density at radius 2 is 2.06 bits per heavy atom. The molecule has 100 valence electrons. The van der Waals surface area contributed by atoms with Crippen LogP contribution in [0.2, 0.25) is 0 Å². The second-order valence-corrected chi connectivity index (χ2v) is 4.89. The highest BCUT2D eigenvalue weighted by Crippen LogP contribution is 2.25. The van der Waals surface area contributed by atoms with E-state index in [-0.39, 0.29) is 12.6 Å². The predicted molar refractivity (Wildman–Crippen MR) is 73.1 cm³/mol. The molecule has 18 heavy (non-hydrogen) atoms. The van der Waals surface area contributed by atoms with Crippen molar-refractivity contribution in [1.82, 2.24) is 5.32 Å². The normalized spacial score (nSPS) is 16.1. The Hall–Kier alpha value is -1.06. The van der Waals surface area contributed by atoms with Crippen molar-refractivity contribution in [2.24, 2.45) is 0 Å². The maximum Gasteiger partial charge on any atom is 0.119 e. The van der Waals surface area contributed by atoms with Crippen molar-refractivity contribution in [3.05, 3.63) is 29.3 Å². The van der Waals surface area contributed by atoms with Gasteiger partial charge >= 0.3 is 0 Å². The van der Waals surface area contributed by atoms with Gasteiger partial charge in [0.1, 0.15) is 12.4 Å². The van der Waals surface area contributed by atoms with E-state index in [1.165, 1.54) is 36.8 Å². The molecule has 1 aliphatic rings. The minimum absolute atomic E-state index is 0.0195. The molecule has 0 radical (unpaired) electrons. The van der Waals surface area contributed by atoms with E-state index in [1.54, 1.807) is 0 Å². The van der Waals surface area contributed by atoms with Crippen LogP contribution in [0.1, 0.15) is 30.9 Å². The van der Waals surface area contributed by atoms with Gasteiger partial charge in [-0.2, -0.15) is 0 Å². The van der Waals surface area contributed by atoms with Crippen molar-refractivity contribution in [3.63, 3.8) is 0 Å². The second kappa shape index (κ2) is 6.76. The average molecular weight is 249 g/mol. The number of aliphatic hydroxyl groups is 1. The van der Waals surface area contributed by atoms with E-state index in [9.17, 15) is 5.11 Å². The van der Waals surface area contributed by atoms with Crippen LogP contribution in [-0.4, -0.2) is 30.9 Å². The van der Waals surface area contributed by atoms with Gasteiger partial charge in [0.2, 0.25) is 0 Å². The monoisotopic (exact) mass is 249 g/mol. The van der Waals surface area contributed by atoms with Crippen molar-refractivity contribution < 1.29 is 9.84 Å². The molecule has 1 aromatic rings. The van der Waals surface area contributed by atoms with Crippen molar-refractivity contribution in [3.8, 4) is 5.75 Å². The average Bonchev–Trinajstić information content (AvgIpc) is 2.43. The highest BCUT2D eigenvalue weighted by molar-refractivity contribution is 5.37. The number of ether oxygens (including phenoxy) is 1. The number of fused-ring (bicyclic) bond motifs is 1. The number of rotatable bonds is 6. The lowest BCUT2D eigenvalue weighted by Crippen LogP contribution is -2.37. The summed E-state index contributed by atoms with van der Waals surface area (Å²) in [4.78, 5) is 0. The number of aryl methyl sites for hydroxylation is 2. The van der Waals surface area contributed by atoms with Crippen molar-refractivity contribution in [2.45, 2.75) is 38.6 Å². The quantitative estimate of drug-likeness (QED) is 0.809. The molecule has 0 bridgehead atoms. The van der Waals surface area contributed by atoms with Crippen LogP contribution in [-0.2, 0) is 12.8 Å². The van der Waals surface area contributed by atoms with Gasteiger partial charge in [-0.3, -0.25) is 0 Å². The maximum absolute atomic E-state index is 9.18. The number of benzene rings is 1. The van der Waals surface area contributed by atoms with Crippen LogP contribution in [0, 0.1) is 0 Å². The van der Waals surface area contributed by atoms with Gasteiger partial charge in [0.15, 0.2) is 0 Å². The maximum atomic E-state index is 9.18. The summed E-state index contributed by atoms with van der Waals surface area (Å²) in [5, 5.41) is 12.4. The van der Waals surface area contributed by atoms with E-state index in [4.69, 9.17) is 4.74 Å². The highest BCUT2D eigenvalue weighted by atomic mass is 16.5. The lowest BCUT2D eigenvalue weighted by atomic mass is 9.92. The van der Waals surface area contributed by atoms with Gasteiger partial charge in [0, 0.05) is 0 Å². The van der Waals surface area contributed by atoms with Crippen LogP contribution in [0.4, 0.5) is 0 Å². The first-order valence-corrected chi connectivity index (χ1v) is 6.92. The first-order valence-electron chi connectivity index (χ1n) is 6.92. The number of aliphatic hydroxyl groups excluding tert-OH is 1. The molecule has 1 aromatic carbocycles. The molecule has 0 fully saturated rings. The molecule has 0 heterocycles. The molecule has 0 saturated heterocycles. The molecule has 0 saturated carbocycles. The zero-order valence-electron chi connectivity index (χ0n) is 11.1. The van der Waals surface area contributed by atoms with Crippen LogP contribution in [0.3, 0.4) is 0 Å². The molecule has 3 nitrogen and oxygen atoms in total. The molecule has 0 spiro atoms. The van der Waals surface area contributed by atoms with Gasteiger partial charge < -0.3 is 15.2 Å². The molecular formula is C15H23NO2.